The Balaban J connectivity index is 2.24. The third-order valence-electron chi connectivity index (χ3n) is 2.08. The highest BCUT2D eigenvalue weighted by Crippen LogP contribution is 2.13. The van der Waals surface area contributed by atoms with Crippen LogP contribution in [0.4, 0.5) is 0 Å². The summed E-state index contributed by atoms with van der Waals surface area (Å²) in [5.41, 5.74) is 1.94. The Hall–Kier alpha value is -2.56. The Kier molecular flexibility index (Phi) is 2.91. The Labute approximate surface area is 95.7 Å². The Bertz CT molecular complexity index is 660. The molecule has 2 N–H and O–H groups in total. The fraction of sp³-hybridized carbons (Fsp3) is 0. The second-order valence-electron chi connectivity index (χ2n) is 3.33. The summed E-state index contributed by atoms with van der Waals surface area (Å²) in [5, 5.41) is 8.38. The van der Waals surface area contributed by atoms with Crippen molar-refractivity contribution in [2.24, 2.45) is 0 Å². The zero-order chi connectivity index (χ0) is 12.3. The van der Waals surface area contributed by atoms with Crippen molar-refractivity contribution in [2.45, 2.75) is 0 Å². The summed E-state index contributed by atoms with van der Waals surface area (Å²) in [7, 11) is 0. The van der Waals surface area contributed by atoms with E-state index in [1.165, 1.54) is 6.08 Å². The number of aromatic nitrogens is 1. The second kappa shape index (κ2) is 4.52. The van der Waals surface area contributed by atoms with Gasteiger partial charge in [0.25, 0.3) is 0 Å². The van der Waals surface area contributed by atoms with Gasteiger partial charge < -0.3 is 9.52 Å². The molecule has 0 atom stereocenters. The molecule has 1 aromatic heterocycles. The fourth-order valence-electron chi connectivity index (χ4n) is 1.38. The number of aliphatic carboxylic acids is 1. The highest BCUT2D eigenvalue weighted by atomic mass is 16.4. The van der Waals surface area contributed by atoms with Gasteiger partial charge in [0.1, 0.15) is 0 Å². The third-order valence-corrected chi connectivity index (χ3v) is 2.08. The van der Waals surface area contributed by atoms with Crippen LogP contribution in [0.2, 0.25) is 0 Å². The Morgan fingerprint density at radius 3 is 2.94 bits per heavy atom. The van der Waals surface area contributed by atoms with Crippen LogP contribution >= 0.6 is 0 Å². The summed E-state index contributed by atoms with van der Waals surface area (Å²) in [4.78, 5) is 23.7. The van der Waals surface area contributed by atoms with Crippen molar-refractivity contribution >= 4 is 23.1 Å². The molecule has 17 heavy (non-hydrogen) atoms. The van der Waals surface area contributed by atoms with Crippen molar-refractivity contribution in [3.05, 3.63) is 52.5 Å². The molecule has 5 heteroatoms. The average molecular weight is 231 g/mol. The van der Waals surface area contributed by atoms with Crippen LogP contribution < -0.4 is 5.76 Å². The maximum atomic E-state index is 10.9. The molecule has 0 radical (unpaired) electrons. The molecule has 2 rings (SSSR count). The number of benzene rings is 1. The molecule has 2 aromatic rings. The van der Waals surface area contributed by atoms with E-state index in [2.05, 4.69) is 4.98 Å². The predicted molar refractivity (Wildman–Crippen MR) is 62.6 cm³/mol. The minimum Gasteiger partial charge on any atom is -0.478 e. The summed E-state index contributed by atoms with van der Waals surface area (Å²) in [6.45, 7) is 0. The lowest BCUT2D eigenvalue weighted by Gasteiger charge is -1.91. The number of carbonyl (C=O) groups is 1. The van der Waals surface area contributed by atoms with Crippen LogP contribution in [0.1, 0.15) is 5.56 Å². The lowest BCUT2D eigenvalue weighted by molar-refractivity contribution is -0.131. The first-order valence-corrected chi connectivity index (χ1v) is 4.86. The molecule has 0 unspecified atom stereocenters. The standard InChI is InChI=1S/C12H9NO4/c14-11(15)4-2-1-3-8-5-6-10-9(7-8)13-12(16)17-10/h1-7H,(H,13,16)(H,14,15)/b3-1+,4-2+. The van der Waals surface area contributed by atoms with Crippen molar-refractivity contribution in [1.82, 2.24) is 4.98 Å². The molecular formula is C12H9NO4. The molecule has 0 saturated carbocycles. The van der Waals surface area contributed by atoms with E-state index in [4.69, 9.17) is 9.52 Å². The van der Waals surface area contributed by atoms with E-state index in [0.29, 0.717) is 11.1 Å². The van der Waals surface area contributed by atoms with Crippen LogP contribution in [-0.4, -0.2) is 16.1 Å². The summed E-state index contributed by atoms with van der Waals surface area (Å²) < 4.78 is 4.85. The Morgan fingerprint density at radius 2 is 2.18 bits per heavy atom. The molecule has 1 aromatic carbocycles. The minimum atomic E-state index is -0.996. The van der Waals surface area contributed by atoms with Crippen LogP contribution in [0.15, 0.2) is 45.6 Å². The Morgan fingerprint density at radius 1 is 1.35 bits per heavy atom. The lowest BCUT2D eigenvalue weighted by Crippen LogP contribution is -1.92. The molecule has 0 saturated heterocycles. The van der Waals surface area contributed by atoms with Gasteiger partial charge in [-0.2, -0.15) is 0 Å². The van der Waals surface area contributed by atoms with Gasteiger partial charge >= 0.3 is 11.7 Å². The highest BCUT2D eigenvalue weighted by molar-refractivity contribution is 5.80. The van der Waals surface area contributed by atoms with Gasteiger partial charge in [-0.1, -0.05) is 24.3 Å². The number of aromatic amines is 1. The quantitative estimate of drug-likeness (QED) is 0.623. The maximum absolute atomic E-state index is 10.9. The molecule has 5 nitrogen and oxygen atoms in total. The SMILES string of the molecule is O=C(O)/C=C/C=C/c1ccc2oc(=O)[nH]c2c1. The van der Waals surface area contributed by atoms with E-state index in [-0.39, 0.29) is 0 Å². The van der Waals surface area contributed by atoms with Crippen LogP contribution in [0.3, 0.4) is 0 Å². The smallest absolute Gasteiger partial charge is 0.417 e. The first-order chi connectivity index (χ1) is 8.15. The van der Waals surface area contributed by atoms with Crippen LogP contribution in [0.5, 0.6) is 0 Å². The molecule has 0 aliphatic carbocycles. The summed E-state index contributed by atoms with van der Waals surface area (Å²) >= 11 is 0. The first kappa shape index (κ1) is 10.9. The number of oxazole rings is 1. The number of carboxylic acid groups (broad SMARTS) is 1. The average Bonchev–Trinajstić information content (AvgIpc) is 2.63. The molecule has 1 heterocycles. The van der Waals surface area contributed by atoms with Gasteiger partial charge in [-0.25, -0.2) is 9.59 Å². The molecule has 0 amide bonds. The lowest BCUT2D eigenvalue weighted by atomic mass is 10.2. The minimum absolute atomic E-state index is 0.494. The molecule has 0 aliphatic rings. The second-order valence-corrected chi connectivity index (χ2v) is 3.33. The van der Waals surface area contributed by atoms with Crippen LogP contribution in [-0.2, 0) is 4.79 Å². The molecule has 0 aliphatic heterocycles. The van der Waals surface area contributed by atoms with E-state index < -0.39 is 11.7 Å². The van der Waals surface area contributed by atoms with Crippen molar-refractivity contribution in [3.63, 3.8) is 0 Å². The molecule has 0 fully saturated rings. The van der Waals surface area contributed by atoms with Gasteiger partial charge in [0.2, 0.25) is 0 Å². The van der Waals surface area contributed by atoms with Gasteiger partial charge in [0.15, 0.2) is 5.58 Å². The van der Waals surface area contributed by atoms with Crippen LogP contribution in [0, 0.1) is 0 Å². The number of fused-ring (bicyclic) bond motifs is 1. The normalized spacial score (nSPS) is 11.8. The number of nitrogens with one attached hydrogen (secondary N) is 1. The van der Waals surface area contributed by atoms with Gasteiger partial charge in [-0.05, 0) is 17.7 Å². The number of H-pyrrole nitrogens is 1. The van der Waals surface area contributed by atoms with Gasteiger partial charge in [-0.3, -0.25) is 4.98 Å². The van der Waals surface area contributed by atoms with Crippen molar-refractivity contribution in [2.75, 3.05) is 0 Å². The fourth-order valence-corrected chi connectivity index (χ4v) is 1.38. The monoisotopic (exact) mass is 231 g/mol. The zero-order valence-electron chi connectivity index (χ0n) is 8.71. The molecule has 0 spiro atoms. The molecular weight excluding hydrogens is 222 g/mol. The van der Waals surface area contributed by atoms with Crippen molar-refractivity contribution < 1.29 is 14.3 Å². The van der Waals surface area contributed by atoms with Crippen molar-refractivity contribution in [1.29, 1.82) is 0 Å². The van der Waals surface area contributed by atoms with E-state index in [0.717, 1.165) is 11.6 Å². The predicted octanol–water partition coefficient (Wildman–Crippen LogP) is 1.78. The number of rotatable bonds is 3. The number of allylic oxidation sites excluding steroid dienone is 2. The van der Waals surface area contributed by atoms with Crippen LogP contribution in [0.25, 0.3) is 17.2 Å². The third kappa shape index (κ3) is 2.72. The summed E-state index contributed by atoms with van der Waals surface area (Å²) in [5.74, 6) is -1.49. The zero-order valence-corrected chi connectivity index (χ0v) is 8.71. The van der Waals surface area contributed by atoms with Gasteiger partial charge in [-0.15, -0.1) is 0 Å². The largest absolute Gasteiger partial charge is 0.478 e. The number of hydrogen-bond acceptors (Lipinski definition) is 3. The van der Waals surface area contributed by atoms with Gasteiger partial charge in [0.05, 0.1) is 5.52 Å². The first-order valence-electron chi connectivity index (χ1n) is 4.86. The molecule has 86 valence electrons. The number of hydrogen-bond donors (Lipinski definition) is 2. The van der Waals surface area contributed by atoms with E-state index >= 15 is 0 Å². The maximum Gasteiger partial charge on any atom is 0.417 e. The topological polar surface area (TPSA) is 83.3 Å². The highest BCUT2D eigenvalue weighted by Gasteiger charge is 1.99. The number of carboxylic acids is 1. The van der Waals surface area contributed by atoms with E-state index in [1.807, 2.05) is 0 Å². The molecule has 0 bridgehead atoms. The van der Waals surface area contributed by atoms with Gasteiger partial charge in [0, 0.05) is 6.08 Å². The van der Waals surface area contributed by atoms with Crippen molar-refractivity contribution in [3.8, 4) is 0 Å². The van der Waals surface area contributed by atoms with E-state index in [9.17, 15) is 9.59 Å². The summed E-state index contributed by atoms with van der Waals surface area (Å²) in [6.07, 6.45) is 5.79. The summed E-state index contributed by atoms with van der Waals surface area (Å²) in [6, 6.07) is 5.18. The van der Waals surface area contributed by atoms with E-state index in [1.54, 1.807) is 30.4 Å².